The Morgan fingerprint density at radius 3 is 2.00 bits per heavy atom. The van der Waals surface area contributed by atoms with Crippen LogP contribution < -0.4 is 0 Å². The Hall–Kier alpha value is -4.53. The van der Waals surface area contributed by atoms with Crippen molar-refractivity contribution in [2.45, 2.75) is 85.6 Å². The van der Waals surface area contributed by atoms with E-state index in [4.69, 9.17) is 9.97 Å². The molecule has 2 aromatic heterocycles. The van der Waals surface area contributed by atoms with Gasteiger partial charge in [-0.15, -0.1) is 34.9 Å². The van der Waals surface area contributed by atoms with Gasteiger partial charge in [0.15, 0.2) is 0 Å². The van der Waals surface area contributed by atoms with Crippen molar-refractivity contribution in [3.05, 3.63) is 137 Å². The summed E-state index contributed by atoms with van der Waals surface area (Å²) < 4.78 is 2.27. The molecule has 52 heavy (non-hydrogen) atoms. The molecule has 0 aliphatic rings. The number of hydrogen-bond acceptors (Lipinski definition) is 3. The molecule has 0 spiro atoms. The van der Waals surface area contributed by atoms with E-state index in [9.17, 15) is 5.11 Å². The normalized spacial score (nSPS) is 12.1. The molecule has 5 aromatic carbocycles. The van der Waals surface area contributed by atoms with Gasteiger partial charge in [0.1, 0.15) is 11.6 Å². The van der Waals surface area contributed by atoms with Crippen LogP contribution in [0.2, 0.25) is 0 Å². The van der Waals surface area contributed by atoms with Gasteiger partial charge in [-0.3, -0.25) is 4.98 Å². The van der Waals surface area contributed by atoms with Gasteiger partial charge >= 0.3 is 0 Å². The number of rotatable bonds is 6. The van der Waals surface area contributed by atoms with E-state index in [0.29, 0.717) is 0 Å². The minimum absolute atomic E-state index is 0. The average molecular weight is 866 g/mol. The average Bonchev–Trinajstić information content (AvgIpc) is 3.46. The van der Waals surface area contributed by atoms with Gasteiger partial charge in [0.2, 0.25) is 0 Å². The fraction of sp³-hybridized carbons (Fsp3) is 0.277. The number of pyridine rings is 1. The number of hydrogen-bond donors (Lipinski definition) is 1. The summed E-state index contributed by atoms with van der Waals surface area (Å²) in [6.45, 7) is 19.9. The fourth-order valence-corrected chi connectivity index (χ4v) is 7.12. The number of nitrogens with zero attached hydrogens (tertiary/aromatic N) is 3. The number of phenolic OH excluding ortho intramolecular Hbond substituents is 1. The number of aromatic hydroxyl groups is 1. The summed E-state index contributed by atoms with van der Waals surface area (Å²) in [6.07, 6.45) is 2.67. The third kappa shape index (κ3) is 7.24. The van der Waals surface area contributed by atoms with Crippen LogP contribution in [0.4, 0.5) is 0 Å². The first kappa shape index (κ1) is 37.2. The summed E-state index contributed by atoms with van der Waals surface area (Å²) in [7, 11) is 0. The van der Waals surface area contributed by atoms with Crippen LogP contribution >= 0.6 is 0 Å². The summed E-state index contributed by atoms with van der Waals surface area (Å²) in [5.74, 6) is 1.000. The Kier molecular flexibility index (Phi) is 10.1. The van der Waals surface area contributed by atoms with Crippen molar-refractivity contribution in [2.75, 3.05) is 0 Å². The van der Waals surface area contributed by atoms with E-state index >= 15 is 0 Å². The SMILES string of the molecule is Cc1cc(-c2[c-]c(-c3cc(C(C)(C)C)cc4cccnc34)cc(Cc3ccccc3)c2)c2nc(-c3cc(C(C)(C)C)ccc3O)n(C(C)C)c2c1.[Pt]. The molecule has 0 aliphatic carbocycles. The number of fused-ring (bicyclic) bond motifs is 2. The molecular formula is C47H48N3OPt-. The standard InChI is InChI=1S/C47H48N3O.Pt/c1-29(2)50-41-21-30(3)20-38(44(41)49-45(50)40-27-36(46(4,5)6)17-18-42(40)51)34-23-32(22-31-14-11-10-12-15-31)24-35(25-34)39-28-37(47(7,8)9)26-33-16-13-19-48-43(33)39;/h10-21,23-24,26-29,51H,22H2,1-9H3;/q-1;. The van der Waals surface area contributed by atoms with Gasteiger partial charge in [0.05, 0.1) is 16.6 Å². The molecule has 4 nitrogen and oxygen atoms in total. The van der Waals surface area contributed by atoms with Crippen LogP contribution in [-0.2, 0) is 38.3 Å². The summed E-state index contributed by atoms with van der Waals surface area (Å²) in [5.41, 5.74) is 13.7. The Morgan fingerprint density at radius 1 is 0.692 bits per heavy atom. The van der Waals surface area contributed by atoms with E-state index in [2.05, 4.69) is 152 Å². The van der Waals surface area contributed by atoms with E-state index < -0.39 is 0 Å². The molecular weight excluding hydrogens is 818 g/mol. The van der Waals surface area contributed by atoms with Crippen molar-refractivity contribution in [1.82, 2.24) is 14.5 Å². The van der Waals surface area contributed by atoms with Crippen molar-refractivity contribution >= 4 is 21.9 Å². The van der Waals surface area contributed by atoms with E-state index in [1.807, 2.05) is 24.4 Å². The minimum Gasteiger partial charge on any atom is -0.507 e. The number of aryl methyl sites for hydroxylation is 1. The predicted octanol–water partition coefficient (Wildman–Crippen LogP) is 12.2. The van der Waals surface area contributed by atoms with Gasteiger partial charge in [-0.05, 0) is 84.4 Å². The number of imidazole rings is 1. The topological polar surface area (TPSA) is 50.9 Å². The van der Waals surface area contributed by atoms with Gasteiger partial charge in [-0.25, -0.2) is 4.98 Å². The van der Waals surface area contributed by atoms with Gasteiger partial charge in [-0.2, -0.15) is 0 Å². The Balaban J connectivity index is 0.00000464. The van der Waals surface area contributed by atoms with Crippen molar-refractivity contribution < 1.29 is 26.2 Å². The molecule has 0 atom stereocenters. The zero-order chi connectivity index (χ0) is 36.2. The quantitative estimate of drug-likeness (QED) is 0.169. The van der Waals surface area contributed by atoms with Crippen LogP contribution in [0.5, 0.6) is 5.75 Å². The van der Waals surface area contributed by atoms with E-state index in [0.717, 1.165) is 73.1 Å². The molecule has 0 fully saturated rings. The van der Waals surface area contributed by atoms with Crippen LogP contribution in [0.15, 0.2) is 103 Å². The van der Waals surface area contributed by atoms with Crippen LogP contribution in [0.1, 0.15) is 89.2 Å². The Morgan fingerprint density at radius 2 is 1.35 bits per heavy atom. The molecule has 0 radical (unpaired) electrons. The number of benzene rings is 5. The minimum atomic E-state index is -0.0766. The fourth-order valence-electron chi connectivity index (χ4n) is 7.12. The third-order valence-corrected chi connectivity index (χ3v) is 9.89. The van der Waals surface area contributed by atoms with Crippen molar-refractivity contribution in [3.63, 3.8) is 0 Å². The molecule has 0 aliphatic heterocycles. The molecule has 0 saturated carbocycles. The molecule has 0 bridgehead atoms. The van der Waals surface area contributed by atoms with Gasteiger partial charge < -0.3 is 9.67 Å². The van der Waals surface area contributed by atoms with E-state index in [1.54, 1.807) is 0 Å². The maximum Gasteiger partial charge on any atom is 0.144 e. The van der Waals surface area contributed by atoms with Crippen LogP contribution in [-0.4, -0.2) is 19.6 Å². The van der Waals surface area contributed by atoms with Crippen LogP contribution in [0.25, 0.3) is 55.6 Å². The largest absolute Gasteiger partial charge is 0.507 e. The third-order valence-electron chi connectivity index (χ3n) is 9.89. The maximum atomic E-state index is 11.3. The molecule has 0 amide bonds. The van der Waals surface area contributed by atoms with Crippen LogP contribution in [0, 0.1) is 13.0 Å². The first-order valence-electron chi connectivity index (χ1n) is 18.0. The van der Waals surface area contributed by atoms with Gasteiger partial charge in [-0.1, -0.05) is 119 Å². The Bertz CT molecular complexity index is 2410. The zero-order valence-corrected chi connectivity index (χ0v) is 34.0. The molecule has 2 heterocycles. The van der Waals surface area contributed by atoms with E-state index in [-0.39, 0.29) is 43.7 Å². The number of aromatic nitrogens is 3. The first-order chi connectivity index (χ1) is 24.2. The first-order valence-corrected chi connectivity index (χ1v) is 18.0. The molecule has 0 saturated heterocycles. The summed E-state index contributed by atoms with van der Waals surface area (Å²) in [6, 6.07) is 38.3. The van der Waals surface area contributed by atoms with Crippen molar-refractivity contribution in [3.8, 4) is 39.4 Å². The smallest absolute Gasteiger partial charge is 0.144 e. The molecule has 7 rings (SSSR count). The summed E-state index contributed by atoms with van der Waals surface area (Å²) in [5, 5.41) is 12.4. The maximum absolute atomic E-state index is 11.3. The summed E-state index contributed by atoms with van der Waals surface area (Å²) >= 11 is 0. The molecule has 0 unspecified atom stereocenters. The molecule has 7 aromatic rings. The molecule has 1 N–H and O–H groups in total. The second-order valence-electron chi connectivity index (χ2n) is 16.4. The van der Waals surface area contributed by atoms with Gasteiger partial charge in [0, 0.05) is 38.8 Å². The monoisotopic (exact) mass is 865 g/mol. The van der Waals surface area contributed by atoms with Crippen molar-refractivity contribution in [1.29, 1.82) is 0 Å². The van der Waals surface area contributed by atoms with Crippen molar-refractivity contribution in [2.24, 2.45) is 0 Å². The van der Waals surface area contributed by atoms with Gasteiger partial charge in [0.25, 0.3) is 0 Å². The second kappa shape index (κ2) is 14.1. The predicted molar refractivity (Wildman–Crippen MR) is 214 cm³/mol. The number of phenols is 1. The van der Waals surface area contributed by atoms with Crippen LogP contribution in [0.3, 0.4) is 0 Å². The summed E-state index contributed by atoms with van der Waals surface area (Å²) in [4.78, 5) is 10.3. The molecule has 5 heteroatoms. The second-order valence-corrected chi connectivity index (χ2v) is 16.4. The zero-order valence-electron chi connectivity index (χ0n) is 31.7. The molecule has 268 valence electrons. The van der Waals surface area contributed by atoms with E-state index in [1.165, 1.54) is 16.7 Å². The Labute approximate surface area is 323 Å².